The van der Waals surface area contributed by atoms with Gasteiger partial charge in [0, 0.05) is 4.90 Å². The van der Waals surface area contributed by atoms with E-state index >= 15 is 0 Å². The third-order valence-corrected chi connectivity index (χ3v) is 1.90. The van der Waals surface area contributed by atoms with E-state index in [4.69, 9.17) is 0 Å². The van der Waals surface area contributed by atoms with E-state index in [1.807, 2.05) is 13.0 Å². The van der Waals surface area contributed by atoms with Crippen molar-refractivity contribution in [1.82, 2.24) is 0 Å². The zero-order chi connectivity index (χ0) is 6.69. The molecule has 0 aliphatic heterocycles. The number of hydrogen-bond acceptors (Lipinski definition) is 1. The first-order chi connectivity index (χ1) is 4.33. The fraction of sp³-hybridized carbons (Fsp3) is 0.250. The van der Waals surface area contributed by atoms with Crippen molar-refractivity contribution in [2.45, 2.75) is 11.8 Å². The first kappa shape index (κ1) is 6.69. The number of thioether (sulfide) groups is 1. The van der Waals surface area contributed by atoms with Gasteiger partial charge >= 0.3 is 0 Å². The summed E-state index contributed by atoms with van der Waals surface area (Å²) in [5.74, 6) is 0. The molecular formula is C8H9S. The summed E-state index contributed by atoms with van der Waals surface area (Å²) in [4.78, 5) is 1.28. The van der Waals surface area contributed by atoms with Gasteiger partial charge in [-0.3, -0.25) is 0 Å². The van der Waals surface area contributed by atoms with Gasteiger partial charge in [0.05, 0.1) is 0 Å². The van der Waals surface area contributed by atoms with Gasteiger partial charge < -0.3 is 0 Å². The lowest BCUT2D eigenvalue weighted by Crippen LogP contribution is -1.71. The van der Waals surface area contributed by atoms with E-state index in [2.05, 4.69) is 24.5 Å². The minimum absolute atomic E-state index is 1.20. The van der Waals surface area contributed by atoms with Crippen molar-refractivity contribution in [3.05, 3.63) is 29.8 Å². The van der Waals surface area contributed by atoms with E-state index in [1.165, 1.54) is 10.5 Å². The molecule has 0 unspecified atom stereocenters. The first-order valence-electron chi connectivity index (χ1n) is 2.85. The Labute approximate surface area is 60.3 Å². The molecule has 0 spiro atoms. The summed E-state index contributed by atoms with van der Waals surface area (Å²) in [5, 5.41) is 0. The minimum atomic E-state index is 1.20. The van der Waals surface area contributed by atoms with Crippen molar-refractivity contribution >= 4 is 11.8 Å². The van der Waals surface area contributed by atoms with E-state index < -0.39 is 0 Å². The Hall–Kier alpha value is -0.430. The molecule has 0 aliphatic carbocycles. The molecule has 0 N–H and O–H groups in total. The number of benzene rings is 1. The molecule has 1 radical (unpaired) electrons. The van der Waals surface area contributed by atoms with Crippen molar-refractivity contribution < 1.29 is 0 Å². The second-order valence-corrected chi connectivity index (χ2v) is 2.79. The highest BCUT2D eigenvalue weighted by atomic mass is 32.2. The summed E-state index contributed by atoms with van der Waals surface area (Å²) in [7, 11) is 0. The summed E-state index contributed by atoms with van der Waals surface area (Å²) >= 11 is 1.75. The van der Waals surface area contributed by atoms with E-state index in [0.717, 1.165) is 0 Å². The lowest BCUT2D eigenvalue weighted by atomic mass is 10.2. The Bertz CT molecular complexity index is 176. The Kier molecular flexibility index (Phi) is 2.17. The summed E-state index contributed by atoms with van der Waals surface area (Å²) < 4.78 is 0. The second-order valence-electron chi connectivity index (χ2n) is 1.91. The molecule has 0 amide bonds. The average Bonchev–Trinajstić information content (AvgIpc) is 1.90. The number of hydrogen-bond donors (Lipinski definition) is 0. The minimum Gasteiger partial charge on any atom is -0.130 e. The third-order valence-electron chi connectivity index (χ3n) is 1.18. The molecule has 0 nitrogen and oxygen atoms in total. The van der Waals surface area contributed by atoms with Crippen molar-refractivity contribution in [3.63, 3.8) is 0 Å². The SMILES string of the molecule is CSc1c[c]c(C)cc1. The zero-order valence-electron chi connectivity index (χ0n) is 5.64. The van der Waals surface area contributed by atoms with Crippen LogP contribution in [0, 0.1) is 13.0 Å². The lowest BCUT2D eigenvalue weighted by molar-refractivity contribution is 1.37. The van der Waals surface area contributed by atoms with Crippen LogP contribution in [-0.4, -0.2) is 6.26 Å². The normalized spacial score (nSPS) is 9.56. The Morgan fingerprint density at radius 1 is 1.44 bits per heavy atom. The Morgan fingerprint density at radius 2 is 2.22 bits per heavy atom. The predicted molar refractivity (Wildman–Crippen MR) is 41.8 cm³/mol. The van der Waals surface area contributed by atoms with Gasteiger partial charge in [0.2, 0.25) is 0 Å². The second kappa shape index (κ2) is 2.92. The maximum atomic E-state index is 3.13. The average molecular weight is 137 g/mol. The van der Waals surface area contributed by atoms with Gasteiger partial charge in [0.1, 0.15) is 0 Å². The topological polar surface area (TPSA) is 0 Å². The fourth-order valence-electron chi connectivity index (χ4n) is 0.615. The lowest BCUT2D eigenvalue weighted by Gasteiger charge is -1.93. The van der Waals surface area contributed by atoms with Gasteiger partial charge in [-0.1, -0.05) is 6.07 Å². The van der Waals surface area contributed by atoms with Crippen molar-refractivity contribution in [2.75, 3.05) is 6.26 Å². The smallest absolute Gasteiger partial charge is 0.00754 e. The van der Waals surface area contributed by atoms with E-state index in [-0.39, 0.29) is 0 Å². The monoisotopic (exact) mass is 137 g/mol. The van der Waals surface area contributed by atoms with Gasteiger partial charge in [0.25, 0.3) is 0 Å². The van der Waals surface area contributed by atoms with Crippen LogP contribution in [0.5, 0.6) is 0 Å². The Morgan fingerprint density at radius 3 is 2.67 bits per heavy atom. The van der Waals surface area contributed by atoms with Crippen LogP contribution >= 0.6 is 11.8 Å². The van der Waals surface area contributed by atoms with Gasteiger partial charge in [0.15, 0.2) is 0 Å². The number of rotatable bonds is 1. The molecule has 1 rings (SSSR count). The maximum Gasteiger partial charge on any atom is 0.00754 e. The summed E-state index contributed by atoms with van der Waals surface area (Å²) in [6.07, 6.45) is 2.07. The van der Waals surface area contributed by atoms with E-state index in [0.29, 0.717) is 0 Å². The molecule has 1 aromatic rings. The quantitative estimate of drug-likeness (QED) is 0.536. The highest BCUT2D eigenvalue weighted by Crippen LogP contribution is 2.13. The zero-order valence-corrected chi connectivity index (χ0v) is 6.46. The molecule has 47 valence electrons. The summed E-state index contributed by atoms with van der Waals surface area (Å²) in [6, 6.07) is 9.33. The molecule has 0 bridgehead atoms. The van der Waals surface area contributed by atoms with E-state index in [1.54, 1.807) is 11.8 Å². The van der Waals surface area contributed by atoms with Gasteiger partial charge in [-0.05, 0) is 36.9 Å². The molecule has 1 aromatic carbocycles. The molecule has 0 heterocycles. The summed E-state index contributed by atoms with van der Waals surface area (Å²) in [5.41, 5.74) is 1.20. The fourth-order valence-corrected chi connectivity index (χ4v) is 0.996. The van der Waals surface area contributed by atoms with Crippen LogP contribution in [0.1, 0.15) is 5.56 Å². The largest absolute Gasteiger partial charge is 0.130 e. The maximum absolute atomic E-state index is 3.13. The third kappa shape index (κ3) is 1.75. The van der Waals surface area contributed by atoms with Crippen molar-refractivity contribution in [2.24, 2.45) is 0 Å². The van der Waals surface area contributed by atoms with Crippen LogP contribution in [0.15, 0.2) is 23.1 Å². The molecule has 0 atom stereocenters. The van der Waals surface area contributed by atoms with Gasteiger partial charge in [-0.15, -0.1) is 11.8 Å². The molecule has 1 heteroatoms. The van der Waals surface area contributed by atoms with Crippen molar-refractivity contribution in [1.29, 1.82) is 0 Å². The van der Waals surface area contributed by atoms with Gasteiger partial charge in [-0.25, -0.2) is 0 Å². The molecule has 9 heavy (non-hydrogen) atoms. The molecule has 0 fully saturated rings. The molecule has 0 aromatic heterocycles. The van der Waals surface area contributed by atoms with Crippen LogP contribution in [0.3, 0.4) is 0 Å². The molecule has 0 saturated heterocycles. The highest BCUT2D eigenvalue weighted by molar-refractivity contribution is 7.98. The standard InChI is InChI=1S/C8H9S/c1-7-3-5-8(9-2)6-4-7/h3,5-6H,1-2H3. The van der Waals surface area contributed by atoms with Crippen LogP contribution < -0.4 is 0 Å². The van der Waals surface area contributed by atoms with Crippen molar-refractivity contribution in [3.8, 4) is 0 Å². The predicted octanol–water partition coefficient (Wildman–Crippen LogP) is 2.52. The first-order valence-corrected chi connectivity index (χ1v) is 4.08. The Balaban J connectivity index is 2.88. The highest BCUT2D eigenvalue weighted by Gasteiger charge is 1.86. The van der Waals surface area contributed by atoms with E-state index in [9.17, 15) is 0 Å². The molecule has 0 aliphatic rings. The van der Waals surface area contributed by atoms with Crippen LogP contribution in [0.2, 0.25) is 0 Å². The van der Waals surface area contributed by atoms with Crippen LogP contribution in [0.25, 0.3) is 0 Å². The molecule has 0 saturated carbocycles. The number of aryl methyl sites for hydroxylation is 1. The van der Waals surface area contributed by atoms with Crippen LogP contribution in [-0.2, 0) is 0 Å². The van der Waals surface area contributed by atoms with Gasteiger partial charge in [-0.2, -0.15) is 0 Å². The van der Waals surface area contributed by atoms with Crippen LogP contribution in [0.4, 0.5) is 0 Å². The molecular weight excluding hydrogens is 128 g/mol. The summed E-state index contributed by atoms with van der Waals surface area (Å²) in [6.45, 7) is 2.05.